The summed E-state index contributed by atoms with van der Waals surface area (Å²) in [6.45, 7) is 2.79. The quantitative estimate of drug-likeness (QED) is 0.188. The Bertz CT molecular complexity index is 825. The van der Waals surface area contributed by atoms with Gasteiger partial charge in [0.2, 0.25) is 5.91 Å². The van der Waals surface area contributed by atoms with E-state index in [1.54, 1.807) is 12.1 Å². The number of carbonyl (C=O) groups excluding carboxylic acids is 1. The largest absolute Gasteiger partial charge is 0.508 e. The van der Waals surface area contributed by atoms with Crippen molar-refractivity contribution in [3.63, 3.8) is 0 Å². The Morgan fingerprint density at radius 1 is 1.03 bits per heavy atom. The van der Waals surface area contributed by atoms with Gasteiger partial charge < -0.3 is 21.1 Å². The number of guanidine groups is 1. The normalized spacial score (nSPS) is 11.4. The molecule has 2 rings (SSSR count). The van der Waals surface area contributed by atoms with Gasteiger partial charge in [-0.05, 0) is 55.3 Å². The number of amides is 1. The van der Waals surface area contributed by atoms with Gasteiger partial charge in [0.1, 0.15) is 12.3 Å². The van der Waals surface area contributed by atoms with E-state index in [-0.39, 0.29) is 42.2 Å². The maximum atomic E-state index is 12.6. The number of hydrogen-bond donors (Lipinski definition) is 4. The highest BCUT2D eigenvalue weighted by molar-refractivity contribution is 14.0. The van der Waals surface area contributed by atoms with Gasteiger partial charge in [-0.3, -0.25) is 4.79 Å². The lowest BCUT2D eigenvalue weighted by Crippen LogP contribution is -2.39. The molecule has 6 nitrogen and oxygen atoms in total. The molecule has 164 valence electrons. The Kier molecular flexibility index (Phi) is 10.4. The summed E-state index contributed by atoms with van der Waals surface area (Å²) >= 11 is 0. The smallest absolute Gasteiger partial charge is 0.416 e. The molecule has 1 amide bonds. The van der Waals surface area contributed by atoms with E-state index in [2.05, 4.69) is 20.9 Å². The molecular weight excluding hydrogens is 512 g/mol. The third kappa shape index (κ3) is 8.89. The van der Waals surface area contributed by atoms with Gasteiger partial charge in [0, 0.05) is 18.8 Å². The van der Waals surface area contributed by atoms with Crippen molar-refractivity contribution in [2.45, 2.75) is 19.5 Å². The van der Waals surface area contributed by atoms with Crippen LogP contribution in [0.1, 0.15) is 18.1 Å². The fraction of sp³-hybridized carbons (Fsp3) is 0.300. The average Bonchev–Trinajstić information content (AvgIpc) is 2.67. The van der Waals surface area contributed by atoms with E-state index in [4.69, 9.17) is 0 Å². The molecule has 0 bridgehead atoms. The summed E-state index contributed by atoms with van der Waals surface area (Å²) in [5, 5.41) is 17.9. The first-order chi connectivity index (χ1) is 13.8. The highest BCUT2D eigenvalue weighted by Gasteiger charge is 2.29. The molecule has 0 aliphatic carbocycles. The Hall–Kier alpha value is -2.50. The number of hydrogen-bond acceptors (Lipinski definition) is 3. The van der Waals surface area contributed by atoms with Gasteiger partial charge in [-0.25, -0.2) is 4.99 Å². The maximum Gasteiger partial charge on any atom is 0.416 e. The minimum atomic E-state index is -4.34. The average molecular weight is 536 g/mol. The molecule has 4 N–H and O–H groups in total. The molecule has 2 aromatic rings. The number of aliphatic imine (C=N–C) groups is 1. The lowest BCUT2D eigenvalue weighted by Gasteiger charge is -2.12. The van der Waals surface area contributed by atoms with Crippen LogP contribution >= 0.6 is 24.0 Å². The minimum absolute atomic E-state index is 0. The number of benzene rings is 2. The summed E-state index contributed by atoms with van der Waals surface area (Å²) in [7, 11) is 0. The third-order valence-corrected chi connectivity index (χ3v) is 3.86. The van der Waals surface area contributed by atoms with Crippen molar-refractivity contribution in [2.75, 3.05) is 25.0 Å². The minimum Gasteiger partial charge on any atom is -0.508 e. The number of aromatic hydroxyl groups is 1. The number of phenols is 1. The number of carbonyl (C=O) groups is 1. The standard InChI is InChI=1S/C20H23F3N4O2.HI/c1-2-24-19(26-13-18(29)27-16-7-9-17(28)10-8-16)25-12-11-14-3-5-15(6-4-14)20(21,22)23;/h3-10,28H,2,11-13H2,1H3,(H,27,29)(H2,24,25,26);1H. The van der Waals surface area contributed by atoms with E-state index < -0.39 is 11.7 Å². The molecule has 0 aliphatic heterocycles. The first-order valence-electron chi connectivity index (χ1n) is 9.05. The zero-order chi connectivity index (χ0) is 21.3. The summed E-state index contributed by atoms with van der Waals surface area (Å²) in [5.41, 5.74) is 0.624. The van der Waals surface area contributed by atoms with E-state index in [0.29, 0.717) is 31.2 Å². The fourth-order valence-electron chi connectivity index (χ4n) is 2.42. The second-order valence-electron chi connectivity index (χ2n) is 6.16. The van der Waals surface area contributed by atoms with Crippen LogP contribution in [-0.4, -0.2) is 36.6 Å². The number of nitrogens with zero attached hydrogens (tertiary/aromatic N) is 1. The zero-order valence-corrected chi connectivity index (χ0v) is 18.6. The first kappa shape index (κ1) is 25.5. The molecule has 0 unspecified atom stereocenters. The number of anilines is 1. The monoisotopic (exact) mass is 536 g/mol. The van der Waals surface area contributed by atoms with Gasteiger partial charge in [-0.15, -0.1) is 24.0 Å². The van der Waals surface area contributed by atoms with Crippen LogP contribution in [0.2, 0.25) is 0 Å². The second-order valence-corrected chi connectivity index (χ2v) is 6.16. The Morgan fingerprint density at radius 2 is 1.67 bits per heavy atom. The molecule has 0 spiro atoms. The Morgan fingerprint density at radius 3 is 2.23 bits per heavy atom. The first-order valence-corrected chi connectivity index (χ1v) is 9.05. The summed E-state index contributed by atoms with van der Waals surface area (Å²) in [6, 6.07) is 11.1. The number of halogens is 4. The predicted molar refractivity (Wildman–Crippen MR) is 121 cm³/mol. The highest BCUT2D eigenvalue weighted by Crippen LogP contribution is 2.29. The molecule has 0 fully saturated rings. The topological polar surface area (TPSA) is 85.8 Å². The van der Waals surface area contributed by atoms with Crippen LogP contribution in [0.3, 0.4) is 0 Å². The fourth-order valence-corrected chi connectivity index (χ4v) is 2.42. The van der Waals surface area contributed by atoms with Gasteiger partial charge in [0.25, 0.3) is 0 Å². The van der Waals surface area contributed by atoms with Crippen LogP contribution in [-0.2, 0) is 17.4 Å². The molecule has 0 heterocycles. The molecule has 0 radical (unpaired) electrons. The number of alkyl halides is 3. The van der Waals surface area contributed by atoms with Crippen molar-refractivity contribution in [3.8, 4) is 5.75 Å². The van der Waals surface area contributed by atoms with Crippen molar-refractivity contribution in [2.24, 2.45) is 4.99 Å². The second kappa shape index (κ2) is 12.3. The SMILES string of the molecule is CCNC(=NCC(=O)Nc1ccc(O)cc1)NCCc1ccc(C(F)(F)F)cc1.I. The van der Waals surface area contributed by atoms with Crippen LogP contribution in [0.15, 0.2) is 53.5 Å². The van der Waals surface area contributed by atoms with Gasteiger partial charge in [-0.2, -0.15) is 13.2 Å². The molecule has 0 saturated carbocycles. The van der Waals surface area contributed by atoms with Crippen LogP contribution in [0.5, 0.6) is 5.75 Å². The van der Waals surface area contributed by atoms with Crippen molar-refractivity contribution in [1.29, 1.82) is 0 Å². The van der Waals surface area contributed by atoms with E-state index in [1.807, 2.05) is 6.92 Å². The van der Waals surface area contributed by atoms with Crippen LogP contribution in [0, 0.1) is 0 Å². The van der Waals surface area contributed by atoms with Crippen LogP contribution in [0.25, 0.3) is 0 Å². The van der Waals surface area contributed by atoms with E-state index >= 15 is 0 Å². The van der Waals surface area contributed by atoms with Gasteiger partial charge in [0.15, 0.2) is 5.96 Å². The number of nitrogens with one attached hydrogen (secondary N) is 3. The number of rotatable bonds is 7. The Labute approximate surface area is 190 Å². The van der Waals surface area contributed by atoms with E-state index in [9.17, 15) is 23.1 Å². The van der Waals surface area contributed by atoms with Gasteiger partial charge in [-0.1, -0.05) is 12.1 Å². The van der Waals surface area contributed by atoms with Crippen molar-refractivity contribution >= 4 is 41.5 Å². The molecule has 10 heteroatoms. The molecule has 0 aliphatic rings. The maximum absolute atomic E-state index is 12.6. The number of phenolic OH excluding ortho intramolecular Hbond substituents is 1. The van der Waals surface area contributed by atoms with Crippen LogP contribution < -0.4 is 16.0 Å². The van der Waals surface area contributed by atoms with Crippen molar-refractivity contribution in [3.05, 3.63) is 59.7 Å². The lowest BCUT2D eigenvalue weighted by atomic mass is 10.1. The summed E-state index contributed by atoms with van der Waals surface area (Å²) in [4.78, 5) is 16.2. The third-order valence-electron chi connectivity index (χ3n) is 3.86. The molecule has 30 heavy (non-hydrogen) atoms. The van der Waals surface area contributed by atoms with E-state index in [0.717, 1.165) is 17.7 Å². The lowest BCUT2D eigenvalue weighted by molar-refractivity contribution is -0.137. The molecular formula is C20H24F3IN4O2. The molecule has 0 atom stereocenters. The summed E-state index contributed by atoms with van der Waals surface area (Å²) < 4.78 is 37.8. The Balaban J connectivity index is 0.00000450. The van der Waals surface area contributed by atoms with E-state index in [1.165, 1.54) is 24.3 Å². The van der Waals surface area contributed by atoms with Gasteiger partial charge in [0.05, 0.1) is 5.56 Å². The highest BCUT2D eigenvalue weighted by atomic mass is 127. The summed E-state index contributed by atoms with van der Waals surface area (Å²) in [5.74, 6) is 0.212. The molecule has 0 aromatic heterocycles. The zero-order valence-electron chi connectivity index (χ0n) is 16.3. The summed E-state index contributed by atoms with van der Waals surface area (Å²) in [6.07, 6.45) is -3.84. The predicted octanol–water partition coefficient (Wildman–Crippen LogP) is 3.77. The molecule has 2 aromatic carbocycles. The van der Waals surface area contributed by atoms with Crippen molar-refractivity contribution in [1.82, 2.24) is 10.6 Å². The van der Waals surface area contributed by atoms with Crippen molar-refractivity contribution < 1.29 is 23.1 Å². The van der Waals surface area contributed by atoms with Gasteiger partial charge >= 0.3 is 6.18 Å². The molecule has 0 saturated heterocycles. The van der Waals surface area contributed by atoms with Crippen LogP contribution in [0.4, 0.5) is 18.9 Å².